The molecule has 0 spiro atoms. The number of aryl methyl sites for hydroxylation is 1. The third-order valence-electron chi connectivity index (χ3n) is 6.21. The molecule has 1 fully saturated rings. The molecule has 1 aliphatic rings. The van der Waals surface area contributed by atoms with Gasteiger partial charge in [0.25, 0.3) is 0 Å². The standard InChI is InChI=1S/C28H30N4O4S/c1-21-29-27-17-26(11-12-28(27)37-21)35-19-23(34)18-30-13-15-31(16-14-30)32(20-33)22-7-9-25(10-8-22)36-24-5-3-2-4-6-24/h2-12,17,20,23,34H,13-16,18-19H2,1H3/t23-/m1/s1. The van der Waals surface area contributed by atoms with Gasteiger partial charge in [0.1, 0.15) is 30.0 Å². The molecule has 5 rings (SSSR count). The van der Waals surface area contributed by atoms with Crippen molar-refractivity contribution in [3.8, 4) is 17.2 Å². The molecule has 1 aliphatic heterocycles. The van der Waals surface area contributed by atoms with Crippen molar-refractivity contribution in [2.75, 3.05) is 44.3 Å². The zero-order chi connectivity index (χ0) is 25.6. The number of amides is 1. The Morgan fingerprint density at radius 1 is 1.00 bits per heavy atom. The summed E-state index contributed by atoms with van der Waals surface area (Å²) in [5.74, 6) is 2.19. The number of hydrogen-bond acceptors (Lipinski definition) is 8. The zero-order valence-electron chi connectivity index (χ0n) is 20.7. The first-order valence-electron chi connectivity index (χ1n) is 12.3. The third kappa shape index (κ3) is 6.44. The Bertz CT molecular complexity index is 1310. The number of carbonyl (C=O) groups is 1. The van der Waals surface area contributed by atoms with Gasteiger partial charge < -0.3 is 14.6 Å². The molecule has 1 atom stereocenters. The van der Waals surface area contributed by atoms with Crippen LogP contribution in [0.25, 0.3) is 10.2 Å². The fourth-order valence-electron chi connectivity index (χ4n) is 4.37. The molecule has 3 aromatic carbocycles. The van der Waals surface area contributed by atoms with E-state index < -0.39 is 6.10 Å². The van der Waals surface area contributed by atoms with Gasteiger partial charge in [0.15, 0.2) is 0 Å². The summed E-state index contributed by atoms with van der Waals surface area (Å²) in [6.45, 7) is 5.54. The maximum absolute atomic E-state index is 11.9. The molecule has 8 nitrogen and oxygen atoms in total. The topological polar surface area (TPSA) is 78.4 Å². The minimum absolute atomic E-state index is 0.215. The maximum Gasteiger partial charge on any atom is 0.228 e. The fraction of sp³-hybridized carbons (Fsp3) is 0.286. The van der Waals surface area contributed by atoms with Gasteiger partial charge in [0, 0.05) is 38.8 Å². The second kappa shape index (κ2) is 11.7. The van der Waals surface area contributed by atoms with Gasteiger partial charge in [-0.1, -0.05) is 18.2 Å². The molecule has 1 amide bonds. The highest BCUT2D eigenvalue weighted by Gasteiger charge is 2.24. The molecule has 0 bridgehead atoms. The first-order valence-corrected chi connectivity index (χ1v) is 13.1. The molecular weight excluding hydrogens is 488 g/mol. The number of thiazole rings is 1. The van der Waals surface area contributed by atoms with E-state index in [9.17, 15) is 9.90 Å². The van der Waals surface area contributed by atoms with Gasteiger partial charge in [-0.15, -0.1) is 11.3 Å². The van der Waals surface area contributed by atoms with Crippen molar-refractivity contribution >= 4 is 33.7 Å². The molecule has 0 unspecified atom stereocenters. The molecule has 1 aromatic heterocycles. The highest BCUT2D eigenvalue weighted by Crippen LogP contribution is 2.26. The summed E-state index contributed by atoms with van der Waals surface area (Å²) in [4.78, 5) is 18.6. The maximum atomic E-state index is 11.9. The van der Waals surface area contributed by atoms with E-state index in [1.165, 1.54) is 0 Å². The normalized spacial score (nSPS) is 15.4. The number of hydrazine groups is 1. The van der Waals surface area contributed by atoms with Crippen LogP contribution in [0.2, 0.25) is 0 Å². The Labute approximate surface area is 220 Å². The van der Waals surface area contributed by atoms with E-state index in [1.54, 1.807) is 16.3 Å². The molecule has 1 N–H and O–H groups in total. The number of benzene rings is 3. The van der Waals surface area contributed by atoms with Gasteiger partial charge in [0.05, 0.1) is 20.9 Å². The number of para-hydroxylation sites is 1. The lowest BCUT2D eigenvalue weighted by Crippen LogP contribution is -2.55. The van der Waals surface area contributed by atoms with Crippen LogP contribution >= 0.6 is 11.3 Å². The van der Waals surface area contributed by atoms with Crippen LogP contribution in [0.15, 0.2) is 72.8 Å². The first kappa shape index (κ1) is 25.2. The van der Waals surface area contributed by atoms with Crippen LogP contribution in [0.5, 0.6) is 17.2 Å². The Morgan fingerprint density at radius 2 is 1.70 bits per heavy atom. The second-order valence-electron chi connectivity index (χ2n) is 8.94. The molecular formula is C28H30N4O4S. The number of aromatic nitrogens is 1. The number of hydrogen-bond donors (Lipinski definition) is 1. The highest BCUT2D eigenvalue weighted by molar-refractivity contribution is 7.18. The van der Waals surface area contributed by atoms with Gasteiger partial charge in [-0.25, -0.2) is 15.0 Å². The number of aliphatic hydroxyl groups is 1. The number of aliphatic hydroxyl groups excluding tert-OH is 1. The molecule has 1 saturated heterocycles. The Morgan fingerprint density at radius 3 is 2.43 bits per heavy atom. The summed E-state index contributed by atoms with van der Waals surface area (Å²) < 4.78 is 12.8. The van der Waals surface area contributed by atoms with Gasteiger partial charge in [-0.3, -0.25) is 9.69 Å². The van der Waals surface area contributed by atoms with E-state index in [2.05, 4.69) is 9.88 Å². The number of rotatable bonds is 10. The second-order valence-corrected chi connectivity index (χ2v) is 10.2. The number of carbonyl (C=O) groups excluding carboxylic acids is 1. The number of piperazine rings is 1. The first-order chi connectivity index (χ1) is 18.1. The van der Waals surface area contributed by atoms with Crippen molar-refractivity contribution in [2.24, 2.45) is 0 Å². The molecule has 192 valence electrons. The van der Waals surface area contributed by atoms with E-state index in [-0.39, 0.29) is 6.61 Å². The summed E-state index contributed by atoms with van der Waals surface area (Å²) >= 11 is 1.65. The number of fused-ring (bicyclic) bond motifs is 1. The zero-order valence-corrected chi connectivity index (χ0v) is 21.5. The Balaban J connectivity index is 1.09. The lowest BCUT2D eigenvalue weighted by Gasteiger charge is -2.39. The lowest BCUT2D eigenvalue weighted by molar-refractivity contribution is -0.110. The van der Waals surface area contributed by atoms with Crippen molar-refractivity contribution in [3.63, 3.8) is 0 Å². The summed E-state index contributed by atoms with van der Waals surface area (Å²) in [7, 11) is 0. The molecule has 0 saturated carbocycles. The van der Waals surface area contributed by atoms with E-state index in [0.29, 0.717) is 31.1 Å². The summed E-state index contributed by atoms with van der Waals surface area (Å²) in [6.07, 6.45) is 0.227. The third-order valence-corrected chi connectivity index (χ3v) is 7.16. The fourth-order valence-corrected chi connectivity index (χ4v) is 5.18. The van der Waals surface area contributed by atoms with E-state index in [4.69, 9.17) is 9.47 Å². The van der Waals surface area contributed by atoms with Crippen LogP contribution < -0.4 is 14.5 Å². The van der Waals surface area contributed by atoms with Crippen LogP contribution in [-0.4, -0.2) is 71.8 Å². The van der Waals surface area contributed by atoms with Gasteiger partial charge in [0.2, 0.25) is 6.41 Å². The van der Waals surface area contributed by atoms with Crippen LogP contribution in [0.4, 0.5) is 5.69 Å². The number of ether oxygens (including phenoxy) is 2. The molecule has 0 radical (unpaired) electrons. The average Bonchev–Trinajstić information content (AvgIpc) is 3.30. The van der Waals surface area contributed by atoms with Crippen molar-refractivity contribution in [1.29, 1.82) is 0 Å². The van der Waals surface area contributed by atoms with Crippen molar-refractivity contribution in [3.05, 3.63) is 77.8 Å². The molecule has 2 heterocycles. The van der Waals surface area contributed by atoms with Crippen molar-refractivity contribution in [2.45, 2.75) is 13.0 Å². The molecule has 37 heavy (non-hydrogen) atoms. The number of β-amino-alcohol motifs (C(OH)–C–C–N with tert-alkyl or cyclic N) is 1. The van der Waals surface area contributed by atoms with Gasteiger partial charge in [-0.05, 0) is 55.5 Å². The van der Waals surface area contributed by atoms with E-state index in [1.807, 2.05) is 84.7 Å². The highest BCUT2D eigenvalue weighted by atomic mass is 32.1. The molecule has 0 aliphatic carbocycles. The molecule has 9 heteroatoms. The minimum Gasteiger partial charge on any atom is -0.491 e. The Hall–Kier alpha value is -3.50. The van der Waals surface area contributed by atoms with Crippen LogP contribution in [0.1, 0.15) is 5.01 Å². The number of nitrogens with zero attached hydrogens (tertiary/aromatic N) is 4. The van der Waals surface area contributed by atoms with Crippen LogP contribution in [0.3, 0.4) is 0 Å². The van der Waals surface area contributed by atoms with Crippen LogP contribution in [0, 0.1) is 6.92 Å². The smallest absolute Gasteiger partial charge is 0.228 e. The van der Waals surface area contributed by atoms with Gasteiger partial charge >= 0.3 is 0 Å². The van der Waals surface area contributed by atoms with Crippen LogP contribution in [-0.2, 0) is 4.79 Å². The Kier molecular flexibility index (Phi) is 7.96. The average molecular weight is 519 g/mol. The summed E-state index contributed by atoms with van der Waals surface area (Å²) in [5.41, 5.74) is 1.70. The van der Waals surface area contributed by atoms with Gasteiger partial charge in [-0.2, -0.15) is 0 Å². The predicted molar refractivity (Wildman–Crippen MR) is 145 cm³/mol. The lowest BCUT2D eigenvalue weighted by atomic mass is 10.2. The summed E-state index contributed by atoms with van der Waals surface area (Å²) in [6, 6.07) is 22.9. The predicted octanol–water partition coefficient (Wildman–Crippen LogP) is 4.33. The largest absolute Gasteiger partial charge is 0.491 e. The van der Waals surface area contributed by atoms with Crippen molar-refractivity contribution < 1.29 is 19.4 Å². The minimum atomic E-state index is -0.612. The van der Waals surface area contributed by atoms with Crippen molar-refractivity contribution in [1.82, 2.24) is 14.9 Å². The van der Waals surface area contributed by atoms with E-state index in [0.717, 1.165) is 46.2 Å². The number of anilines is 1. The SMILES string of the molecule is Cc1nc2cc(OC[C@H](O)CN3CCN(N(C=O)c4ccc(Oc5ccccc5)cc4)CC3)ccc2s1. The molecule has 4 aromatic rings. The van der Waals surface area contributed by atoms with E-state index >= 15 is 0 Å². The summed E-state index contributed by atoms with van der Waals surface area (Å²) in [5, 5.41) is 15.2. The monoisotopic (exact) mass is 518 g/mol. The quantitative estimate of drug-likeness (QED) is 0.313.